The third kappa shape index (κ3) is 4.01. The highest BCUT2D eigenvalue weighted by atomic mass is 32.2. The zero-order chi connectivity index (χ0) is 15.4. The van der Waals surface area contributed by atoms with E-state index in [2.05, 4.69) is 10.6 Å². The number of hydrogen-bond acceptors (Lipinski definition) is 5. The van der Waals surface area contributed by atoms with Crippen LogP contribution >= 0.6 is 0 Å². The van der Waals surface area contributed by atoms with Gasteiger partial charge in [-0.05, 0) is 24.5 Å². The first kappa shape index (κ1) is 15.4. The Morgan fingerprint density at radius 3 is 2.86 bits per heavy atom. The number of anilines is 2. The largest absolute Gasteiger partial charge is 0.379 e. The fourth-order valence-corrected chi connectivity index (χ4v) is 2.76. The molecular weight excluding hydrogens is 294 g/mol. The number of rotatable bonds is 6. The number of fused-ring (bicyclic) bond motifs is 1. The lowest BCUT2D eigenvalue weighted by atomic mass is 10.0. The number of nitro groups is 1. The van der Waals surface area contributed by atoms with E-state index in [1.54, 1.807) is 12.3 Å². The normalized spacial score (nSPS) is 15.0. The van der Waals surface area contributed by atoms with Gasteiger partial charge in [0.05, 0.1) is 4.92 Å². The van der Waals surface area contributed by atoms with E-state index < -0.39 is 15.7 Å². The Balaban J connectivity index is 2.17. The highest BCUT2D eigenvalue weighted by Gasteiger charge is 2.22. The predicted molar refractivity (Wildman–Crippen MR) is 82.1 cm³/mol. The maximum Gasteiger partial charge on any atom is 0.292 e. The van der Waals surface area contributed by atoms with E-state index in [4.69, 9.17) is 0 Å². The molecule has 2 N–H and O–H groups in total. The van der Waals surface area contributed by atoms with Crippen LogP contribution in [0.5, 0.6) is 0 Å². The molecule has 1 aliphatic heterocycles. The smallest absolute Gasteiger partial charge is 0.292 e. The van der Waals surface area contributed by atoms with Crippen molar-refractivity contribution < 1.29 is 13.9 Å². The van der Waals surface area contributed by atoms with E-state index in [0.29, 0.717) is 42.9 Å². The van der Waals surface area contributed by atoms with Gasteiger partial charge >= 0.3 is 0 Å². The number of nitro benzene ring substituents is 1. The van der Waals surface area contributed by atoms with Crippen LogP contribution in [-0.4, -0.2) is 33.6 Å². The van der Waals surface area contributed by atoms with Crippen LogP contribution in [0.15, 0.2) is 12.1 Å². The van der Waals surface area contributed by atoms with Gasteiger partial charge < -0.3 is 10.6 Å². The molecule has 1 amide bonds. The molecule has 1 heterocycles. The maximum absolute atomic E-state index is 11.4. The van der Waals surface area contributed by atoms with Gasteiger partial charge in [0.25, 0.3) is 5.69 Å². The average molecular weight is 311 g/mol. The number of carbonyl (C=O) groups is 1. The molecule has 1 aromatic rings. The predicted octanol–water partition coefficient (Wildman–Crippen LogP) is 1.66. The summed E-state index contributed by atoms with van der Waals surface area (Å²) in [5, 5.41) is 16.9. The molecular formula is C13H17N3O4S. The second kappa shape index (κ2) is 6.66. The maximum atomic E-state index is 11.4. The molecule has 114 valence electrons. The van der Waals surface area contributed by atoms with Crippen LogP contribution in [0.4, 0.5) is 17.1 Å². The summed E-state index contributed by atoms with van der Waals surface area (Å²) in [5.41, 5.74) is 1.78. The van der Waals surface area contributed by atoms with Crippen molar-refractivity contribution in [2.75, 3.05) is 29.2 Å². The lowest BCUT2D eigenvalue weighted by Crippen LogP contribution is -2.19. The van der Waals surface area contributed by atoms with E-state index in [1.165, 1.54) is 6.07 Å². The number of hydrogen-bond donors (Lipinski definition) is 2. The third-order valence-corrected chi connectivity index (χ3v) is 4.10. The third-order valence-electron chi connectivity index (χ3n) is 3.24. The van der Waals surface area contributed by atoms with Gasteiger partial charge in [0.1, 0.15) is 5.69 Å². The first-order valence-corrected chi connectivity index (χ1v) is 8.35. The Morgan fingerprint density at radius 1 is 1.43 bits per heavy atom. The SMILES string of the molecule is C[S@](=O)CCCNc1cc2c(cc1[N+](=O)[O-])CCC(=O)N2. The molecule has 8 heteroatoms. The topological polar surface area (TPSA) is 101 Å². The Kier molecular flexibility index (Phi) is 4.89. The van der Waals surface area contributed by atoms with Crippen LogP contribution in [0.1, 0.15) is 18.4 Å². The van der Waals surface area contributed by atoms with Gasteiger partial charge in [-0.1, -0.05) is 0 Å². The minimum atomic E-state index is -0.875. The molecule has 0 radical (unpaired) electrons. The number of aryl methyl sites for hydroxylation is 1. The Bertz CT molecular complexity index is 603. The highest BCUT2D eigenvalue weighted by molar-refractivity contribution is 7.84. The minimum absolute atomic E-state index is 0.00233. The molecule has 1 aromatic carbocycles. The van der Waals surface area contributed by atoms with Gasteiger partial charge in [-0.3, -0.25) is 19.1 Å². The Hall–Kier alpha value is -1.96. The number of nitrogens with zero attached hydrogens (tertiary/aromatic N) is 1. The monoisotopic (exact) mass is 311 g/mol. The number of amides is 1. The lowest BCUT2D eigenvalue weighted by Gasteiger charge is -2.18. The molecule has 0 unspecified atom stereocenters. The molecule has 0 bridgehead atoms. The lowest BCUT2D eigenvalue weighted by molar-refractivity contribution is -0.384. The molecule has 0 spiro atoms. The first-order chi connectivity index (χ1) is 9.97. The molecule has 0 aromatic heterocycles. The van der Waals surface area contributed by atoms with Gasteiger partial charge in [0.15, 0.2) is 0 Å². The summed E-state index contributed by atoms with van der Waals surface area (Å²) in [4.78, 5) is 22.1. The molecule has 2 rings (SSSR count). The highest BCUT2D eigenvalue weighted by Crippen LogP contribution is 2.34. The van der Waals surface area contributed by atoms with Crippen molar-refractivity contribution in [3.05, 3.63) is 27.8 Å². The summed E-state index contributed by atoms with van der Waals surface area (Å²) in [5.74, 6) is 0.464. The average Bonchev–Trinajstić information content (AvgIpc) is 2.42. The molecule has 0 saturated heterocycles. The van der Waals surface area contributed by atoms with Crippen LogP contribution in [0.2, 0.25) is 0 Å². The van der Waals surface area contributed by atoms with Crippen LogP contribution in [-0.2, 0) is 22.0 Å². The zero-order valence-corrected chi connectivity index (χ0v) is 12.5. The van der Waals surface area contributed by atoms with Crippen molar-refractivity contribution in [2.45, 2.75) is 19.3 Å². The quantitative estimate of drug-likeness (QED) is 0.472. The summed E-state index contributed by atoms with van der Waals surface area (Å²) in [7, 11) is -0.875. The Morgan fingerprint density at radius 2 is 2.19 bits per heavy atom. The van der Waals surface area contributed by atoms with Crippen molar-refractivity contribution in [3.63, 3.8) is 0 Å². The second-order valence-corrected chi connectivity index (χ2v) is 6.44. The minimum Gasteiger partial charge on any atom is -0.379 e. The molecule has 1 aliphatic rings. The fourth-order valence-electron chi connectivity index (χ4n) is 2.21. The van der Waals surface area contributed by atoms with Crippen molar-refractivity contribution in [1.82, 2.24) is 0 Å². The second-order valence-electron chi connectivity index (χ2n) is 4.89. The van der Waals surface area contributed by atoms with Crippen LogP contribution in [0.25, 0.3) is 0 Å². The van der Waals surface area contributed by atoms with E-state index in [0.717, 1.165) is 5.56 Å². The van der Waals surface area contributed by atoms with Gasteiger partial charge in [0, 0.05) is 47.5 Å². The summed E-state index contributed by atoms with van der Waals surface area (Å²) in [6.45, 7) is 0.493. The van der Waals surface area contributed by atoms with Crippen molar-refractivity contribution in [3.8, 4) is 0 Å². The number of carbonyl (C=O) groups excluding carboxylic acids is 1. The molecule has 0 saturated carbocycles. The summed E-state index contributed by atoms with van der Waals surface area (Å²) < 4.78 is 11.0. The van der Waals surface area contributed by atoms with Crippen molar-refractivity contribution >= 4 is 33.8 Å². The first-order valence-electron chi connectivity index (χ1n) is 6.62. The molecule has 0 fully saturated rings. The van der Waals surface area contributed by atoms with Gasteiger partial charge in [-0.25, -0.2) is 0 Å². The van der Waals surface area contributed by atoms with Gasteiger partial charge in [0.2, 0.25) is 5.91 Å². The van der Waals surface area contributed by atoms with E-state index in [1.807, 2.05) is 0 Å². The molecule has 1 atom stereocenters. The fraction of sp³-hybridized carbons (Fsp3) is 0.462. The molecule has 21 heavy (non-hydrogen) atoms. The zero-order valence-electron chi connectivity index (χ0n) is 11.7. The van der Waals surface area contributed by atoms with Crippen LogP contribution in [0.3, 0.4) is 0 Å². The standard InChI is InChI=1S/C13H17N3O4S/c1-21(20)6-2-5-14-11-8-10-9(3-4-13(17)15-10)7-12(11)16(18)19/h7-8,14H,2-6H2,1H3,(H,15,17)/t21-/m0/s1. The summed E-state index contributed by atoms with van der Waals surface area (Å²) >= 11 is 0. The van der Waals surface area contributed by atoms with Crippen molar-refractivity contribution in [1.29, 1.82) is 0 Å². The summed E-state index contributed by atoms with van der Waals surface area (Å²) in [6.07, 6.45) is 3.14. The Labute approximate surface area is 124 Å². The van der Waals surface area contributed by atoms with E-state index in [9.17, 15) is 19.1 Å². The van der Waals surface area contributed by atoms with Crippen LogP contribution in [0, 0.1) is 10.1 Å². The molecule has 0 aliphatic carbocycles. The van der Waals surface area contributed by atoms with E-state index >= 15 is 0 Å². The van der Waals surface area contributed by atoms with Crippen molar-refractivity contribution in [2.24, 2.45) is 0 Å². The van der Waals surface area contributed by atoms with Gasteiger partial charge in [-0.15, -0.1) is 0 Å². The van der Waals surface area contributed by atoms with Crippen LogP contribution < -0.4 is 10.6 Å². The number of nitrogens with one attached hydrogen (secondary N) is 2. The number of benzene rings is 1. The molecule has 7 nitrogen and oxygen atoms in total. The summed E-state index contributed by atoms with van der Waals surface area (Å²) in [6, 6.07) is 3.11. The van der Waals surface area contributed by atoms with Gasteiger partial charge in [-0.2, -0.15) is 0 Å². The van der Waals surface area contributed by atoms with E-state index in [-0.39, 0.29) is 11.6 Å².